The standard InChI is InChI=1S/C15H16F2O4/c1-4-20-8-11(15(19)21-5-2)14(18)10-6-7-12(16)9(3)13(10)17/h6-8H,4-5H2,1-3H3. The Kier molecular flexibility index (Phi) is 6.02. The third kappa shape index (κ3) is 3.87. The van der Waals surface area contributed by atoms with E-state index in [9.17, 15) is 18.4 Å². The third-order valence-electron chi connectivity index (χ3n) is 2.67. The number of carbonyl (C=O) groups excluding carboxylic acids is 2. The lowest BCUT2D eigenvalue weighted by atomic mass is 10.0. The second-order valence-corrected chi connectivity index (χ2v) is 4.07. The zero-order valence-corrected chi connectivity index (χ0v) is 12.0. The van der Waals surface area contributed by atoms with Crippen molar-refractivity contribution < 1.29 is 27.8 Å². The molecule has 0 bridgehead atoms. The van der Waals surface area contributed by atoms with Gasteiger partial charge in [0.2, 0.25) is 5.78 Å². The largest absolute Gasteiger partial charge is 0.500 e. The minimum absolute atomic E-state index is 0.0561. The van der Waals surface area contributed by atoms with Gasteiger partial charge in [-0.3, -0.25) is 4.79 Å². The predicted octanol–water partition coefficient (Wildman–Crippen LogP) is 2.94. The molecule has 0 radical (unpaired) electrons. The van der Waals surface area contributed by atoms with Gasteiger partial charge in [-0.05, 0) is 32.9 Å². The normalized spacial score (nSPS) is 11.2. The number of ketones is 1. The molecule has 0 saturated carbocycles. The second-order valence-electron chi connectivity index (χ2n) is 4.07. The maximum atomic E-state index is 14.0. The molecule has 1 aromatic rings. The van der Waals surface area contributed by atoms with Crippen LogP contribution in [0.1, 0.15) is 29.8 Å². The Morgan fingerprint density at radius 3 is 2.43 bits per heavy atom. The average Bonchev–Trinajstić information content (AvgIpc) is 2.45. The van der Waals surface area contributed by atoms with Crippen LogP contribution in [0.5, 0.6) is 0 Å². The SMILES string of the molecule is CCOC=C(C(=O)OCC)C(=O)c1ccc(F)c(C)c1F. The van der Waals surface area contributed by atoms with Gasteiger partial charge in [0, 0.05) is 5.56 Å². The molecular weight excluding hydrogens is 282 g/mol. The summed E-state index contributed by atoms with van der Waals surface area (Å²) in [5.74, 6) is -3.61. The fourth-order valence-corrected chi connectivity index (χ4v) is 1.55. The summed E-state index contributed by atoms with van der Waals surface area (Å²) in [6.07, 6.45) is 0.929. The van der Waals surface area contributed by atoms with Gasteiger partial charge in [-0.25, -0.2) is 13.6 Å². The molecule has 0 amide bonds. The van der Waals surface area contributed by atoms with E-state index in [2.05, 4.69) is 0 Å². The predicted molar refractivity (Wildman–Crippen MR) is 71.8 cm³/mol. The van der Waals surface area contributed by atoms with Crippen LogP contribution in [0.3, 0.4) is 0 Å². The number of carbonyl (C=O) groups is 2. The summed E-state index contributed by atoms with van der Waals surface area (Å²) in [5, 5.41) is 0. The van der Waals surface area contributed by atoms with Crippen molar-refractivity contribution in [3.05, 3.63) is 46.7 Å². The molecule has 1 rings (SSSR count). The molecule has 0 fully saturated rings. The van der Waals surface area contributed by atoms with E-state index in [-0.39, 0.29) is 18.8 Å². The van der Waals surface area contributed by atoms with Crippen molar-refractivity contribution in [2.24, 2.45) is 0 Å². The lowest BCUT2D eigenvalue weighted by Crippen LogP contribution is -2.18. The van der Waals surface area contributed by atoms with E-state index in [4.69, 9.17) is 9.47 Å². The van der Waals surface area contributed by atoms with Crippen LogP contribution in [0.4, 0.5) is 8.78 Å². The van der Waals surface area contributed by atoms with Crippen LogP contribution in [-0.4, -0.2) is 25.0 Å². The van der Waals surface area contributed by atoms with Crippen molar-refractivity contribution in [1.29, 1.82) is 0 Å². The highest BCUT2D eigenvalue weighted by molar-refractivity contribution is 6.24. The van der Waals surface area contributed by atoms with Crippen LogP contribution in [0.2, 0.25) is 0 Å². The van der Waals surface area contributed by atoms with E-state index in [0.717, 1.165) is 18.4 Å². The van der Waals surface area contributed by atoms with Crippen molar-refractivity contribution in [3.8, 4) is 0 Å². The molecule has 0 saturated heterocycles. The summed E-state index contributed by atoms with van der Waals surface area (Å²) in [4.78, 5) is 24.0. The van der Waals surface area contributed by atoms with Crippen molar-refractivity contribution in [3.63, 3.8) is 0 Å². The first-order chi connectivity index (χ1) is 9.93. The summed E-state index contributed by atoms with van der Waals surface area (Å²) in [6.45, 7) is 4.72. The summed E-state index contributed by atoms with van der Waals surface area (Å²) < 4.78 is 36.8. The van der Waals surface area contributed by atoms with E-state index in [1.165, 1.54) is 6.92 Å². The molecule has 0 atom stereocenters. The van der Waals surface area contributed by atoms with Gasteiger partial charge in [-0.1, -0.05) is 0 Å². The van der Waals surface area contributed by atoms with Gasteiger partial charge in [0.15, 0.2) is 0 Å². The number of Topliss-reactive ketones (excluding diaryl/α,β-unsaturated/α-hetero) is 1. The quantitative estimate of drug-likeness (QED) is 0.202. The Balaban J connectivity index is 3.23. The maximum absolute atomic E-state index is 14.0. The zero-order chi connectivity index (χ0) is 16.0. The highest BCUT2D eigenvalue weighted by Crippen LogP contribution is 2.19. The fourth-order valence-electron chi connectivity index (χ4n) is 1.55. The molecule has 0 heterocycles. The molecule has 0 aliphatic rings. The van der Waals surface area contributed by atoms with E-state index in [1.54, 1.807) is 13.8 Å². The summed E-state index contributed by atoms with van der Waals surface area (Å²) >= 11 is 0. The Labute approximate surface area is 121 Å². The van der Waals surface area contributed by atoms with Gasteiger partial charge >= 0.3 is 5.97 Å². The number of hydrogen-bond acceptors (Lipinski definition) is 4. The fraction of sp³-hybridized carbons (Fsp3) is 0.333. The first-order valence-electron chi connectivity index (χ1n) is 6.42. The summed E-state index contributed by atoms with van der Waals surface area (Å²) in [5.41, 5.74) is -1.14. The van der Waals surface area contributed by atoms with Crippen LogP contribution in [-0.2, 0) is 14.3 Å². The minimum atomic E-state index is -1.01. The highest BCUT2D eigenvalue weighted by atomic mass is 19.1. The van der Waals surface area contributed by atoms with Gasteiger partial charge in [0.25, 0.3) is 0 Å². The number of esters is 1. The first-order valence-corrected chi connectivity index (χ1v) is 6.42. The third-order valence-corrected chi connectivity index (χ3v) is 2.67. The van der Waals surface area contributed by atoms with Crippen LogP contribution in [0.15, 0.2) is 24.0 Å². The molecule has 1 aromatic carbocycles. The Bertz CT molecular complexity index is 579. The number of hydrogen-bond donors (Lipinski definition) is 0. The number of benzene rings is 1. The maximum Gasteiger partial charge on any atom is 0.345 e. The highest BCUT2D eigenvalue weighted by Gasteiger charge is 2.25. The molecule has 0 aliphatic heterocycles. The molecule has 114 valence electrons. The topological polar surface area (TPSA) is 52.6 Å². The van der Waals surface area contributed by atoms with Crippen LogP contribution in [0, 0.1) is 18.6 Å². The number of halogens is 2. The molecule has 0 unspecified atom stereocenters. The van der Waals surface area contributed by atoms with E-state index < -0.39 is 34.5 Å². The van der Waals surface area contributed by atoms with Crippen LogP contribution >= 0.6 is 0 Å². The first kappa shape index (κ1) is 16.8. The van der Waals surface area contributed by atoms with Gasteiger partial charge in [0.05, 0.1) is 18.8 Å². The lowest BCUT2D eigenvalue weighted by molar-refractivity contribution is -0.138. The summed E-state index contributed by atoms with van der Waals surface area (Å²) in [6, 6.07) is 1.95. The lowest BCUT2D eigenvalue weighted by Gasteiger charge is -2.09. The van der Waals surface area contributed by atoms with Crippen LogP contribution < -0.4 is 0 Å². The molecule has 21 heavy (non-hydrogen) atoms. The van der Waals surface area contributed by atoms with Crippen molar-refractivity contribution in [2.75, 3.05) is 13.2 Å². The van der Waals surface area contributed by atoms with Gasteiger partial charge in [-0.2, -0.15) is 0 Å². The van der Waals surface area contributed by atoms with Crippen molar-refractivity contribution >= 4 is 11.8 Å². The molecule has 6 heteroatoms. The Morgan fingerprint density at radius 2 is 1.86 bits per heavy atom. The molecule has 0 spiro atoms. The summed E-state index contributed by atoms with van der Waals surface area (Å²) in [7, 11) is 0. The van der Waals surface area contributed by atoms with E-state index >= 15 is 0 Å². The number of rotatable bonds is 6. The number of ether oxygens (including phenoxy) is 2. The average molecular weight is 298 g/mol. The monoisotopic (exact) mass is 298 g/mol. The van der Waals surface area contributed by atoms with Gasteiger partial charge in [0.1, 0.15) is 23.5 Å². The molecule has 0 aliphatic carbocycles. The van der Waals surface area contributed by atoms with Crippen LogP contribution in [0.25, 0.3) is 0 Å². The Hall–Kier alpha value is -2.24. The van der Waals surface area contributed by atoms with Gasteiger partial charge in [-0.15, -0.1) is 0 Å². The van der Waals surface area contributed by atoms with Gasteiger partial charge < -0.3 is 9.47 Å². The van der Waals surface area contributed by atoms with Crippen molar-refractivity contribution in [1.82, 2.24) is 0 Å². The second kappa shape index (κ2) is 7.52. The van der Waals surface area contributed by atoms with Crippen molar-refractivity contribution in [2.45, 2.75) is 20.8 Å². The smallest absolute Gasteiger partial charge is 0.345 e. The Morgan fingerprint density at radius 1 is 1.19 bits per heavy atom. The molecule has 0 aromatic heterocycles. The molecule has 0 N–H and O–H groups in total. The van der Waals surface area contributed by atoms with E-state index in [1.807, 2.05) is 0 Å². The van der Waals surface area contributed by atoms with E-state index in [0.29, 0.717) is 0 Å². The molecule has 4 nitrogen and oxygen atoms in total. The minimum Gasteiger partial charge on any atom is -0.500 e. The molecular formula is C15H16F2O4. The zero-order valence-electron chi connectivity index (χ0n) is 12.0.